The summed E-state index contributed by atoms with van der Waals surface area (Å²) in [6.45, 7) is 6.16. The minimum atomic E-state index is -0.218. The number of nitrogens with zero attached hydrogens (tertiary/aromatic N) is 2. The monoisotopic (exact) mass is 295 g/mol. The van der Waals surface area contributed by atoms with Gasteiger partial charge >= 0.3 is 0 Å². The molecule has 5 nitrogen and oxygen atoms in total. The van der Waals surface area contributed by atoms with Crippen LogP contribution in [0.25, 0.3) is 0 Å². The molecule has 0 saturated heterocycles. The van der Waals surface area contributed by atoms with Crippen LogP contribution in [-0.2, 0) is 11.2 Å². The summed E-state index contributed by atoms with van der Waals surface area (Å²) in [4.78, 5) is 16.1. The minimum Gasteiger partial charge on any atom is -0.344 e. The van der Waals surface area contributed by atoms with E-state index >= 15 is 0 Å². The number of unbranched alkanes of at least 4 members (excludes halogenated alkanes) is 1. The lowest BCUT2D eigenvalue weighted by Gasteiger charge is -2.13. The van der Waals surface area contributed by atoms with Crippen LogP contribution in [0, 0.1) is 12.3 Å². The van der Waals surface area contributed by atoms with Gasteiger partial charge in [0, 0.05) is 6.42 Å². The summed E-state index contributed by atoms with van der Waals surface area (Å²) in [5.41, 5.74) is 0. The molecule has 0 spiro atoms. The Morgan fingerprint density at radius 1 is 1.55 bits per heavy atom. The van der Waals surface area contributed by atoms with Gasteiger partial charge in [-0.1, -0.05) is 24.4 Å². The molecule has 1 amide bonds. The maximum atomic E-state index is 11.7. The molecule has 1 aromatic heterocycles. The van der Waals surface area contributed by atoms with E-state index in [-0.39, 0.29) is 23.0 Å². The first-order valence-corrected chi connectivity index (χ1v) is 7.71. The Balaban J connectivity index is 2.49. The third-order valence-electron chi connectivity index (χ3n) is 2.73. The van der Waals surface area contributed by atoms with Crippen LogP contribution in [0.5, 0.6) is 0 Å². The second-order valence-corrected chi connectivity index (χ2v) is 6.18. The number of terminal acetylenes is 1. The number of carbonyl (C=O) groups is 1. The van der Waals surface area contributed by atoms with E-state index in [2.05, 4.69) is 28.3 Å². The smallest absolute Gasteiger partial charge is 0.239 e. The van der Waals surface area contributed by atoms with Gasteiger partial charge in [0.1, 0.15) is 0 Å². The van der Waals surface area contributed by atoms with Gasteiger partial charge in [-0.05, 0) is 20.3 Å². The van der Waals surface area contributed by atoms with E-state index in [0.29, 0.717) is 5.89 Å². The lowest BCUT2D eigenvalue weighted by atomic mass is 10.2. The van der Waals surface area contributed by atoms with E-state index in [9.17, 15) is 4.79 Å². The van der Waals surface area contributed by atoms with Crippen molar-refractivity contribution in [1.29, 1.82) is 0 Å². The first-order valence-electron chi connectivity index (χ1n) is 6.77. The molecule has 1 aromatic rings. The van der Waals surface area contributed by atoms with Gasteiger partial charge in [0.15, 0.2) is 5.82 Å². The summed E-state index contributed by atoms with van der Waals surface area (Å²) in [6.07, 6.45) is 8.08. The fourth-order valence-corrected chi connectivity index (χ4v) is 2.61. The van der Waals surface area contributed by atoms with Gasteiger partial charge in [0.05, 0.1) is 17.0 Å². The van der Waals surface area contributed by atoms with Crippen molar-refractivity contribution in [2.24, 2.45) is 0 Å². The number of hydrogen-bond donors (Lipinski definition) is 1. The number of amides is 1. The topological polar surface area (TPSA) is 68.0 Å². The molecule has 0 aromatic carbocycles. The van der Waals surface area contributed by atoms with Crippen molar-refractivity contribution in [3.05, 3.63) is 11.7 Å². The highest BCUT2D eigenvalue weighted by Crippen LogP contribution is 2.30. The molecule has 1 heterocycles. The lowest BCUT2D eigenvalue weighted by molar-refractivity contribution is -0.120. The summed E-state index contributed by atoms with van der Waals surface area (Å²) < 4.78 is 5.24. The molecule has 1 rings (SSSR count). The molecule has 0 fully saturated rings. The van der Waals surface area contributed by atoms with Gasteiger partial charge in [0.25, 0.3) is 0 Å². The van der Waals surface area contributed by atoms with Crippen LogP contribution in [0.1, 0.15) is 50.6 Å². The van der Waals surface area contributed by atoms with E-state index in [0.717, 1.165) is 25.1 Å². The number of nitrogens with one attached hydrogen (secondary N) is 1. The second kappa shape index (κ2) is 8.64. The van der Waals surface area contributed by atoms with E-state index in [1.54, 1.807) is 0 Å². The molecule has 0 bridgehead atoms. The molecule has 0 saturated carbocycles. The van der Waals surface area contributed by atoms with Crippen molar-refractivity contribution < 1.29 is 9.32 Å². The van der Waals surface area contributed by atoms with Crippen molar-refractivity contribution in [3.63, 3.8) is 0 Å². The van der Waals surface area contributed by atoms with Crippen molar-refractivity contribution in [3.8, 4) is 12.3 Å². The molecule has 0 radical (unpaired) electrons. The van der Waals surface area contributed by atoms with Crippen LogP contribution in [0.2, 0.25) is 0 Å². The largest absolute Gasteiger partial charge is 0.344 e. The second-order valence-electron chi connectivity index (χ2n) is 4.49. The molecular weight excluding hydrogens is 274 g/mol. The summed E-state index contributed by atoms with van der Waals surface area (Å²) >= 11 is 1.47. The van der Waals surface area contributed by atoms with Crippen molar-refractivity contribution in [2.75, 3.05) is 6.54 Å². The zero-order chi connectivity index (χ0) is 15.0. The van der Waals surface area contributed by atoms with Gasteiger partial charge in [-0.3, -0.25) is 4.79 Å². The number of rotatable bonds is 8. The standard InChI is InChI=1S/C14H21N3O2S/c1-5-7-8-12-16-14(19-17-12)11(4)20-10(3)13(18)15-9-6-2/h2,10-11H,5,7-9H2,1,3-4H3,(H,15,18). The molecule has 2 atom stereocenters. The average Bonchev–Trinajstić information content (AvgIpc) is 2.91. The molecular formula is C14H21N3O2S. The summed E-state index contributed by atoms with van der Waals surface area (Å²) in [5, 5.41) is 6.37. The van der Waals surface area contributed by atoms with E-state index in [1.807, 2.05) is 13.8 Å². The van der Waals surface area contributed by atoms with Crippen LogP contribution >= 0.6 is 11.8 Å². The highest BCUT2D eigenvalue weighted by molar-refractivity contribution is 8.00. The maximum absolute atomic E-state index is 11.7. The van der Waals surface area contributed by atoms with Gasteiger partial charge in [-0.2, -0.15) is 4.98 Å². The highest BCUT2D eigenvalue weighted by atomic mass is 32.2. The molecule has 110 valence electrons. The predicted octanol–water partition coefficient (Wildman–Crippen LogP) is 2.34. The Kier molecular flexibility index (Phi) is 7.16. The Hall–Kier alpha value is -1.48. The Labute approximate surface area is 124 Å². The molecule has 6 heteroatoms. The van der Waals surface area contributed by atoms with Crippen LogP contribution in [-0.4, -0.2) is 27.8 Å². The number of thioether (sulfide) groups is 1. The van der Waals surface area contributed by atoms with Crippen LogP contribution in [0.4, 0.5) is 0 Å². The fourth-order valence-electron chi connectivity index (χ4n) is 1.58. The quantitative estimate of drug-likeness (QED) is 0.746. The Bertz CT molecular complexity index is 467. The molecule has 0 aliphatic heterocycles. The zero-order valence-corrected chi connectivity index (χ0v) is 13.0. The SMILES string of the molecule is C#CCNC(=O)C(C)SC(C)c1nc(CCCC)no1. The van der Waals surface area contributed by atoms with E-state index in [4.69, 9.17) is 10.9 Å². The first kappa shape index (κ1) is 16.6. The summed E-state index contributed by atoms with van der Waals surface area (Å²) in [6, 6.07) is 0. The minimum absolute atomic E-state index is 0.0236. The first-order chi connectivity index (χ1) is 9.58. The molecule has 1 N–H and O–H groups in total. The summed E-state index contributed by atoms with van der Waals surface area (Å²) in [5.74, 6) is 3.60. The van der Waals surface area contributed by atoms with Crippen molar-refractivity contribution in [2.45, 2.75) is 50.5 Å². The Morgan fingerprint density at radius 3 is 2.95 bits per heavy atom. The van der Waals surface area contributed by atoms with Crippen molar-refractivity contribution >= 4 is 17.7 Å². The lowest BCUT2D eigenvalue weighted by Crippen LogP contribution is -2.31. The molecule has 0 aliphatic carbocycles. The van der Waals surface area contributed by atoms with E-state index < -0.39 is 0 Å². The van der Waals surface area contributed by atoms with Gasteiger partial charge in [-0.25, -0.2) is 0 Å². The fraction of sp³-hybridized carbons (Fsp3) is 0.643. The number of aryl methyl sites for hydroxylation is 1. The van der Waals surface area contributed by atoms with Crippen molar-refractivity contribution in [1.82, 2.24) is 15.5 Å². The van der Waals surface area contributed by atoms with E-state index in [1.165, 1.54) is 11.8 Å². The normalized spacial score (nSPS) is 13.5. The van der Waals surface area contributed by atoms with Gasteiger partial charge in [-0.15, -0.1) is 18.2 Å². The molecule has 0 aliphatic rings. The number of carbonyl (C=O) groups excluding carboxylic acids is 1. The predicted molar refractivity (Wildman–Crippen MR) is 80.2 cm³/mol. The molecule has 20 heavy (non-hydrogen) atoms. The maximum Gasteiger partial charge on any atom is 0.239 e. The van der Waals surface area contributed by atoms with Gasteiger partial charge < -0.3 is 9.84 Å². The van der Waals surface area contributed by atoms with Crippen LogP contribution in [0.3, 0.4) is 0 Å². The van der Waals surface area contributed by atoms with Gasteiger partial charge in [0.2, 0.25) is 11.8 Å². The Morgan fingerprint density at radius 2 is 2.30 bits per heavy atom. The number of hydrogen-bond acceptors (Lipinski definition) is 5. The van der Waals surface area contributed by atoms with Crippen LogP contribution in [0.15, 0.2) is 4.52 Å². The summed E-state index contributed by atoms with van der Waals surface area (Å²) in [7, 11) is 0. The third-order valence-corrected chi connectivity index (χ3v) is 3.96. The number of aromatic nitrogens is 2. The zero-order valence-electron chi connectivity index (χ0n) is 12.2. The molecule has 2 unspecified atom stereocenters. The third kappa shape index (κ3) is 5.25. The average molecular weight is 295 g/mol. The van der Waals surface area contributed by atoms with Crippen LogP contribution < -0.4 is 5.32 Å². The highest BCUT2D eigenvalue weighted by Gasteiger charge is 2.21.